The third kappa shape index (κ3) is 6.01. The Morgan fingerprint density at radius 2 is 2.00 bits per heavy atom. The Morgan fingerprint density at radius 1 is 1.26 bits per heavy atom. The summed E-state index contributed by atoms with van der Waals surface area (Å²) >= 11 is 6.04. The number of hydrogen-bond acceptors (Lipinski definition) is 4. The summed E-state index contributed by atoms with van der Waals surface area (Å²) in [5.41, 5.74) is 1.13. The summed E-state index contributed by atoms with van der Waals surface area (Å²) in [5, 5.41) is 3.99. The third-order valence-electron chi connectivity index (χ3n) is 4.04. The van der Waals surface area contributed by atoms with E-state index >= 15 is 0 Å². The molecule has 0 radical (unpaired) electrons. The van der Waals surface area contributed by atoms with Crippen molar-refractivity contribution >= 4 is 23.2 Å². The van der Waals surface area contributed by atoms with E-state index < -0.39 is 0 Å². The zero-order valence-corrected chi connectivity index (χ0v) is 14.9. The topological polar surface area (TPSA) is 38.8 Å². The molecule has 1 aliphatic heterocycles. The molecule has 1 heterocycles. The highest BCUT2D eigenvalue weighted by molar-refractivity contribution is 6.30. The summed E-state index contributed by atoms with van der Waals surface area (Å²) in [7, 11) is 4.12. The molecule has 2 rings (SSSR count). The minimum absolute atomic E-state index is 0.195. The predicted octanol–water partition coefficient (Wildman–Crippen LogP) is 1.53. The second-order valence-corrected chi connectivity index (χ2v) is 6.62. The molecule has 1 fully saturated rings. The van der Waals surface area contributed by atoms with Gasteiger partial charge < -0.3 is 20.0 Å². The SMILES string of the molecule is CN(C)CCCNCC(=O)N1CCN(c2cccc(Cl)c2)CC1. The molecule has 1 saturated heterocycles. The van der Waals surface area contributed by atoms with Gasteiger partial charge in [-0.1, -0.05) is 17.7 Å². The van der Waals surface area contributed by atoms with Crippen LogP contribution in [0, 0.1) is 0 Å². The van der Waals surface area contributed by atoms with Crippen molar-refractivity contribution in [2.45, 2.75) is 6.42 Å². The van der Waals surface area contributed by atoms with Crippen molar-refractivity contribution in [3.8, 4) is 0 Å². The molecule has 0 aromatic heterocycles. The normalized spacial score (nSPS) is 15.3. The highest BCUT2D eigenvalue weighted by atomic mass is 35.5. The molecule has 1 aliphatic rings. The fourth-order valence-corrected chi connectivity index (χ4v) is 2.90. The Hall–Kier alpha value is -1.30. The van der Waals surface area contributed by atoms with Gasteiger partial charge in [0.1, 0.15) is 0 Å². The van der Waals surface area contributed by atoms with Gasteiger partial charge in [0.2, 0.25) is 5.91 Å². The molecule has 1 amide bonds. The van der Waals surface area contributed by atoms with E-state index in [1.54, 1.807) is 0 Å². The van der Waals surface area contributed by atoms with Crippen LogP contribution in [-0.4, -0.2) is 75.6 Å². The highest BCUT2D eigenvalue weighted by Crippen LogP contribution is 2.20. The maximum atomic E-state index is 12.2. The Balaban J connectivity index is 1.68. The van der Waals surface area contributed by atoms with Crippen molar-refractivity contribution in [2.24, 2.45) is 0 Å². The minimum atomic E-state index is 0.195. The summed E-state index contributed by atoms with van der Waals surface area (Å²) in [6, 6.07) is 7.89. The van der Waals surface area contributed by atoms with Crippen LogP contribution >= 0.6 is 11.6 Å². The first-order valence-electron chi connectivity index (χ1n) is 8.20. The third-order valence-corrected chi connectivity index (χ3v) is 4.28. The van der Waals surface area contributed by atoms with Crippen LogP contribution in [0.1, 0.15) is 6.42 Å². The molecule has 0 saturated carbocycles. The fraction of sp³-hybridized carbons (Fsp3) is 0.588. The van der Waals surface area contributed by atoms with Gasteiger partial charge in [-0.05, 0) is 51.8 Å². The van der Waals surface area contributed by atoms with Gasteiger partial charge >= 0.3 is 0 Å². The molecule has 1 aromatic carbocycles. The van der Waals surface area contributed by atoms with E-state index in [0.717, 1.165) is 56.4 Å². The Morgan fingerprint density at radius 3 is 2.65 bits per heavy atom. The summed E-state index contributed by atoms with van der Waals surface area (Å²) in [6.07, 6.45) is 1.06. The molecule has 128 valence electrons. The zero-order valence-electron chi connectivity index (χ0n) is 14.1. The Bertz CT molecular complexity index is 501. The summed E-state index contributed by atoms with van der Waals surface area (Å²) < 4.78 is 0. The summed E-state index contributed by atoms with van der Waals surface area (Å²) in [5.74, 6) is 0.195. The van der Waals surface area contributed by atoms with Gasteiger partial charge in [-0.3, -0.25) is 4.79 Å². The van der Waals surface area contributed by atoms with Crippen LogP contribution in [0.2, 0.25) is 5.02 Å². The van der Waals surface area contributed by atoms with Gasteiger partial charge in [-0.25, -0.2) is 0 Å². The number of nitrogens with one attached hydrogen (secondary N) is 1. The number of carbonyl (C=O) groups excluding carboxylic acids is 1. The molecule has 0 aliphatic carbocycles. The van der Waals surface area contributed by atoms with Gasteiger partial charge in [-0.15, -0.1) is 0 Å². The number of piperazine rings is 1. The van der Waals surface area contributed by atoms with E-state index in [9.17, 15) is 4.79 Å². The largest absolute Gasteiger partial charge is 0.368 e. The van der Waals surface area contributed by atoms with Crippen molar-refractivity contribution in [1.29, 1.82) is 0 Å². The van der Waals surface area contributed by atoms with Crippen LogP contribution in [0.3, 0.4) is 0 Å². The van der Waals surface area contributed by atoms with E-state index in [2.05, 4.69) is 35.3 Å². The number of carbonyl (C=O) groups is 1. The Kier molecular flexibility index (Phi) is 7.15. The van der Waals surface area contributed by atoms with Gasteiger partial charge in [0, 0.05) is 36.9 Å². The monoisotopic (exact) mass is 338 g/mol. The Labute approximate surface area is 144 Å². The molecule has 23 heavy (non-hydrogen) atoms. The number of rotatable bonds is 7. The number of amides is 1. The van der Waals surface area contributed by atoms with Gasteiger partial charge in [-0.2, -0.15) is 0 Å². The van der Waals surface area contributed by atoms with Crippen LogP contribution in [0.5, 0.6) is 0 Å². The minimum Gasteiger partial charge on any atom is -0.368 e. The van der Waals surface area contributed by atoms with Gasteiger partial charge in [0.15, 0.2) is 0 Å². The lowest BCUT2D eigenvalue weighted by molar-refractivity contribution is -0.130. The first kappa shape index (κ1) is 18.0. The number of hydrogen-bond donors (Lipinski definition) is 1. The van der Waals surface area contributed by atoms with Crippen LogP contribution in [0.25, 0.3) is 0 Å². The number of benzene rings is 1. The van der Waals surface area contributed by atoms with Crippen molar-refractivity contribution in [1.82, 2.24) is 15.1 Å². The second-order valence-electron chi connectivity index (χ2n) is 6.18. The van der Waals surface area contributed by atoms with Crippen molar-refractivity contribution in [3.63, 3.8) is 0 Å². The maximum Gasteiger partial charge on any atom is 0.236 e. The van der Waals surface area contributed by atoms with Crippen molar-refractivity contribution in [3.05, 3.63) is 29.3 Å². The predicted molar refractivity (Wildman–Crippen MR) is 96.3 cm³/mol. The molecule has 6 heteroatoms. The van der Waals surface area contributed by atoms with Crippen molar-refractivity contribution < 1.29 is 4.79 Å². The molecular weight excluding hydrogens is 312 g/mol. The number of anilines is 1. The summed E-state index contributed by atoms with van der Waals surface area (Å²) in [4.78, 5) is 18.6. The quantitative estimate of drug-likeness (QED) is 0.765. The molecule has 0 spiro atoms. The second kappa shape index (κ2) is 9.11. The summed E-state index contributed by atoms with van der Waals surface area (Å²) in [6.45, 7) is 5.60. The first-order valence-corrected chi connectivity index (χ1v) is 8.58. The molecule has 0 unspecified atom stereocenters. The fourth-order valence-electron chi connectivity index (χ4n) is 2.71. The van der Waals surface area contributed by atoms with E-state index in [4.69, 9.17) is 11.6 Å². The lowest BCUT2D eigenvalue weighted by Crippen LogP contribution is -2.51. The first-order chi connectivity index (χ1) is 11.1. The van der Waals surface area contributed by atoms with E-state index in [-0.39, 0.29) is 5.91 Å². The van der Waals surface area contributed by atoms with Crippen molar-refractivity contribution in [2.75, 3.05) is 64.8 Å². The highest BCUT2D eigenvalue weighted by Gasteiger charge is 2.20. The van der Waals surface area contributed by atoms with E-state index in [1.165, 1.54) is 0 Å². The van der Waals surface area contributed by atoms with E-state index in [1.807, 2.05) is 23.1 Å². The van der Waals surface area contributed by atoms with Crippen LogP contribution < -0.4 is 10.2 Å². The molecular formula is C17H27ClN4O. The lowest BCUT2D eigenvalue weighted by Gasteiger charge is -2.36. The standard InChI is InChI=1S/C17H27ClN4O/c1-20(2)8-4-7-19-14-17(23)22-11-9-21(10-12-22)16-6-3-5-15(18)13-16/h3,5-6,13,19H,4,7-12,14H2,1-2H3. The zero-order chi connectivity index (χ0) is 16.7. The van der Waals surface area contributed by atoms with Gasteiger partial charge in [0.25, 0.3) is 0 Å². The van der Waals surface area contributed by atoms with Crippen LogP contribution in [0.15, 0.2) is 24.3 Å². The average Bonchev–Trinajstić information content (AvgIpc) is 2.54. The molecule has 5 nitrogen and oxygen atoms in total. The maximum absolute atomic E-state index is 12.2. The number of nitrogens with zero attached hydrogens (tertiary/aromatic N) is 3. The number of halogens is 1. The molecule has 1 N–H and O–H groups in total. The molecule has 1 aromatic rings. The molecule has 0 bridgehead atoms. The molecule has 0 atom stereocenters. The van der Waals surface area contributed by atoms with E-state index in [0.29, 0.717) is 6.54 Å². The average molecular weight is 339 g/mol. The van der Waals surface area contributed by atoms with Crippen LogP contribution in [0.4, 0.5) is 5.69 Å². The van der Waals surface area contributed by atoms with Gasteiger partial charge in [0.05, 0.1) is 6.54 Å². The van der Waals surface area contributed by atoms with Crippen LogP contribution in [-0.2, 0) is 4.79 Å². The smallest absolute Gasteiger partial charge is 0.236 e. The lowest BCUT2D eigenvalue weighted by atomic mass is 10.2.